The molecule has 1 unspecified atom stereocenters. The lowest BCUT2D eigenvalue weighted by atomic mass is 10.1. The predicted molar refractivity (Wildman–Crippen MR) is 75.0 cm³/mol. The Balaban J connectivity index is 2.70. The summed E-state index contributed by atoms with van der Waals surface area (Å²) in [5, 5.41) is 2.95. The van der Waals surface area contributed by atoms with E-state index in [0.717, 1.165) is 5.56 Å². The summed E-state index contributed by atoms with van der Waals surface area (Å²) in [6.07, 6.45) is 0. The molecule has 0 aromatic heterocycles. The number of carbonyl (C=O) groups excluding carboxylic acids is 2. The highest BCUT2D eigenvalue weighted by Gasteiger charge is 2.21. The first-order valence-corrected chi connectivity index (χ1v) is 6.31. The van der Waals surface area contributed by atoms with Gasteiger partial charge in [0.1, 0.15) is 6.04 Å². The molecule has 0 radical (unpaired) electrons. The number of rotatable bonds is 7. The molecule has 1 aromatic rings. The van der Waals surface area contributed by atoms with E-state index in [1.54, 1.807) is 6.92 Å². The van der Waals surface area contributed by atoms with Gasteiger partial charge in [0, 0.05) is 12.1 Å². The van der Waals surface area contributed by atoms with Gasteiger partial charge in [-0.1, -0.05) is 36.9 Å². The molecule has 1 atom stereocenters. The molecule has 0 spiro atoms. The van der Waals surface area contributed by atoms with Crippen LogP contribution >= 0.6 is 0 Å². The molecule has 0 saturated carbocycles. The van der Waals surface area contributed by atoms with E-state index in [4.69, 9.17) is 9.47 Å². The molecule has 1 rings (SSSR count). The molecular weight excluding hydrogens is 258 g/mol. The molecule has 0 heterocycles. The average Bonchev–Trinajstić information content (AvgIpc) is 2.48. The second kappa shape index (κ2) is 8.12. The number of nitrogens with one attached hydrogen (secondary N) is 1. The summed E-state index contributed by atoms with van der Waals surface area (Å²) >= 11 is 0. The molecule has 5 heteroatoms. The molecule has 0 fully saturated rings. The molecule has 0 saturated heterocycles. The quantitative estimate of drug-likeness (QED) is 0.606. The van der Waals surface area contributed by atoms with E-state index < -0.39 is 18.0 Å². The lowest BCUT2D eigenvalue weighted by Crippen LogP contribution is -2.32. The minimum Gasteiger partial charge on any atom is -0.468 e. The van der Waals surface area contributed by atoms with Crippen molar-refractivity contribution in [1.29, 1.82) is 0 Å². The second-order valence-electron chi connectivity index (χ2n) is 4.07. The Kier molecular flexibility index (Phi) is 6.46. The maximum absolute atomic E-state index is 11.8. The molecule has 1 aromatic carbocycles. The van der Waals surface area contributed by atoms with Crippen LogP contribution < -0.4 is 5.32 Å². The Morgan fingerprint density at radius 3 is 2.50 bits per heavy atom. The van der Waals surface area contributed by atoms with Gasteiger partial charge in [0.05, 0.1) is 13.7 Å². The van der Waals surface area contributed by atoms with E-state index in [0.29, 0.717) is 0 Å². The van der Waals surface area contributed by atoms with Crippen LogP contribution in [0.4, 0.5) is 0 Å². The molecular formula is C15H19NO4. The van der Waals surface area contributed by atoms with E-state index >= 15 is 0 Å². The van der Waals surface area contributed by atoms with Crippen LogP contribution in [0, 0.1) is 0 Å². The van der Waals surface area contributed by atoms with Crippen LogP contribution in [0.3, 0.4) is 0 Å². The molecule has 0 aliphatic rings. The highest BCUT2D eigenvalue weighted by molar-refractivity contribution is 5.88. The zero-order valence-corrected chi connectivity index (χ0v) is 11.7. The Morgan fingerprint density at radius 1 is 1.30 bits per heavy atom. The summed E-state index contributed by atoms with van der Waals surface area (Å²) < 4.78 is 9.59. The summed E-state index contributed by atoms with van der Waals surface area (Å²) in [4.78, 5) is 23.2. The van der Waals surface area contributed by atoms with E-state index in [2.05, 4.69) is 11.9 Å². The van der Waals surface area contributed by atoms with E-state index in [1.807, 2.05) is 30.3 Å². The lowest BCUT2D eigenvalue weighted by molar-refractivity contribution is -0.143. The average molecular weight is 277 g/mol. The number of methoxy groups -OCH3 is 1. The van der Waals surface area contributed by atoms with Crippen molar-refractivity contribution in [3.8, 4) is 0 Å². The Labute approximate surface area is 118 Å². The third-order valence-corrected chi connectivity index (χ3v) is 2.65. The summed E-state index contributed by atoms with van der Waals surface area (Å²) in [5.41, 5.74) is 1.02. The third-order valence-electron chi connectivity index (χ3n) is 2.65. The normalized spacial score (nSPS) is 11.5. The molecule has 0 amide bonds. The number of hydrogen-bond donors (Lipinski definition) is 1. The Morgan fingerprint density at radius 2 is 1.95 bits per heavy atom. The summed E-state index contributed by atoms with van der Waals surface area (Å²) in [6, 6.07) is 8.48. The van der Waals surface area contributed by atoms with Crippen molar-refractivity contribution in [2.45, 2.75) is 13.0 Å². The van der Waals surface area contributed by atoms with Gasteiger partial charge in [-0.3, -0.25) is 5.32 Å². The van der Waals surface area contributed by atoms with Crippen LogP contribution in [-0.4, -0.2) is 32.2 Å². The van der Waals surface area contributed by atoms with Gasteiger partial charge in [0.15, 0.2) is 0 Å². The van der Waals surface area contributed by atoms with Crippen molar-refractivity contribution in [2.24, 2.45) is 0 Å². The minimum atomic E-state index is -0.646. The highest BCUT2D eigenvalue weighted by Crippen LogP contribution is 2.14. The highest BCUT2D eigenvalue weighted by atomic mass is 16.5. The third kappa shape index (κ3) is 4.51. The molecule has 0 bridgehead atoms. The van der Waals surface area contributed by atoms with Gasteiger partial charge in [-0.25, -0.2) is 9.59 Å². The smallest absolute Gasteiger partial charge is 0.334 e. The summed E-state index contributed by atoms with van der Waals surface area (Å²) in [5.74, 6) is -0.899. The van der Waals surface area contributed by atoms with Crippen molar-refractivity contribution in [1.82, 2.24) is 5.32 Å². The van der Waals surface area contributed by atoms with Gasteiger partial charge in [-0.15, -0.1) is 0 Å². The SMILES string of the molecule is C=C(CNC(C(=O)OC)c1ccccc1)C(=O)OCC. The van der Waals surface area contributed by atoms with Crippen molar-refractivity contribution in [3.05, 3.63) is 48.0 Å². The monoisotopic (exact) mass is 277 g/mol. The zero-order chi connectivity index (χ0) is 15.0. The molecule has 0 aliphatic carbocycles. The van der Waals surface area contributed by atoms with Crippen LogP contribution in [0.2, 0.25) is 0 Å². The fraction of sp³-hybridized carbons (Fsp3) is 0.333. The van der Waals surface area contributed by atoms with Crippen molar-refractivity contribution in [2.75, 3.05) is 20.3 Å². The number of benzene rings is 1. The van der Waals surface area contributed by atoms with Gasteiger partial charge < -0.3 is 9.47 Å². The van der Waals surface area contributed by atoms with E-state index in [-0.39, 0.29) is 18.7 Å². The maximum Gasteiger partial charge on any atom is 0.334 e. The topological polar surface area (TPSA) is 64.6 Å². The fourth-order valence-corrected chi connectivity index (χ4v) is 1.63. The Hall–Kier alpha value is -2.14. The van der Waals surface area contributed by atoms with Crippen LogP contribution in [0.15, 0.2) is 42.5 Å². The van der Waals surface area contributed by atoms with Crippen LogP contribution in [0.25, 0.3) is 0 Å². The van der Waals surface area contributed by atoms with E-state index in [9.17, 15) is 9.59 Å². The van der Waals surface area contributed by atoms with Crippen LogP contribution in [0.5, 0.6) is 0 Å². The number of ether oxygens (including phenoxy) is 2. The van der Waals surface area contributed by atoms with Gasteiger partial charge in [0.25, 0.3) is 0 Å². The van der Waals surface area contributed by atoms with Gasteiger partial charge in [0.2, 0.25) is 0 Å². The first-order chi connectivity index (χ1) is 9.60. The zero-order valence-electron chi connectivity index (χ0n) is 11.7. The van der Waals surface area contributed by atoms with Crippen LogP contribution in [-0.2, 0) is 19.1 Å². The number of hydrogen-bond acceptors (Lipinski definition) is 5. The second-order valence-corrected chi connectivity index (χ2v) is 4.07. The largest absolute Gasteiger partial charge is 0.468 e. The van der Waals surface area contributed by atoms with Gasteiger partial charge in [-0.2, -0.15) is 0 Å². The van der Waals surface area contributed by atoms with Crippen molar-refractivity contribution >= 4 is 11.9 Å². The molecule has 108 valence electrons. The van der Waals surface area contributed by atoms with Gasteiger partial charge >= 0.3 is 11.9 Å². The molecule has 5 nitrogen and oxygen atoms in total. The molecule has 20 heavy (non-hydrogen) atoms. The van der Waals surface area contributed by atoms with Crippen molar-refractivity contribution < 1.29 is 19.1 Å². The standard InChI is InChI=1S/C15H19NO4/c1-4-20-14(17)11(2)10-16-13(15(18)19-3)12-8-6-5-7-9-12/h5-9,13,16H,2,4,10H2,1,3H3. The first kappa shape index (κ1) is 15.9. The summed E-state index contributed by atoms with van der Waals surface area (Å²) in [6.45, 7) is 5.79. The van der Waals surface area contributed by atoms with Crippen LogP contribution in [0.1, 0.15) is 18.5 Å². The molecule has 1 N–H and O–H groups in total. The van der Waals surface area contributed by atoms with Gasteiger partial charge in [-0.05, 0) is 12.5 Å². The predicted octanol–water partition coefficient (Wildman–Crippen LogP) is 1.61. The van der Waals surface area contributed by atoms with Crippen molar-refractivity contribution in [3.63, 3.8) is 0 Å². The Bertz CT molecular complexity index is 470. The first-order valence-electron chi connectivity index (χ1n) is 6.31. The number of carbonyl (C=O) groups is 2. The minimum absolute atomic E-state index is 0.146. The summed E-state index contributed by atoms with van der Waals surface area (Å²) in [7, 11) is 1.32. The number of esters is 2. The maximum atomic E-state index is 11.8. The van der Waals surface area contributed by atoms with E-state index in [1.165, 1.54) is 7.11 Å². The molecule has 0 aliphatic heterocycles. The lowest BCUT2D eigenvalue weighted by Gasteiger charge is -2.17. The fourth-order valence-electron chi connectivity index (χ4n) is 1.63.